The van der Waals surface area contributed by atoms with E-state index in [1.165, 1.54) is 6.33 Å². The van der Waals surface area contributed by atoms with E-state index in [4.69, 9.17) is 35.3 Å². The summed E-state index contributed by atoms with van der Waals surface area (Å²) >= 11 is 6.37. The molecule has 1 N–H and O–H groups in total. The van der Waals surface area contributed by atoms with E-state index in [9.17, 15) is 0 Å². The number of fused-ring (bicyclic) bond motifs is 2. The maximum absolute atomic E-state index is 6.37. The van der Waals surface area contributed by atoms with Crippen molar-refractivity contribution >= 4 is 34.0 Å². The maximum Gasteiger partial charge on any atom is 0.231 e. The summed E-state index contributed by atoms with van der Waals surface area (Å²) in [5.41, 5.74) is 1.28. The molecule has 2 aromatic carbocycles. The summed E-state index contributed by atoms with van der Waals surface area (Å²) in [4.78, 5) is 8.71. The van der Waals surface area contributed by atoms with Crippen molar-refractivity contribution in [2.75, 3.05) is 32.4 Å². The zero-order valence-electron chi connectivity index (χ0n) is 14.9. The van der Waals surface area contributed by atoms with Crippen molar-refractivity contribution in [3.05, 3.63) is 35.6 Å². The van der Waals surface area contributed by atoms with Crippen LogP contribution in [-0.4, -0.2) is 43.2 Å². The number of nitrogens with zero attached hydrogens (tertiary/aromatic N) is 2. The lowest BCUT2D eigenvalue weighted by molar-refractivity contribution is 0.174. The molecule has 9 heteroatoms. The predicted molar refractivity (Wildman–Crippen MR) is 102 cm³/mol. The van der Waals surface area contributed by atoms with Gasteiger partial charge in [-0.2, -0.15) is 0 Å². The fourth-order valence-corrected chi connectivity index (χ4v) is 3.16. The first-order valence-corrected chi connectivity index (χ1v) is 9.03. The number of halogens is 1. The zero-order valence-corrected chi connectivity index (χ0v) is 15.7. The van der Waals surface area contributed by atoms with Crippen LogP contribution in [0.4, 0.5) is 11.5 Å². The Morgan fingerprint density at radius 2 is 2.11 bits per heavy atom. The van der Waals surface area contributed by atoms with Crippen LogP contribution in [0.2, 0.25) is 5.02 Å². The van der Waals surface area contributed by atoms with Crippen LogP contribution in [0.15, 0.2) is 30.6 Å². The van der Waals surface area contributed by atoms with Gasteiger partial charge in [0.05, 0.1) is 24.3 Å². The van der Waals surface area contributed by atoms with E-state index in [0.29, 0.717) is 51.6 Å². The van der Waals surface area contributed by atoms with Gasteiger partial charge in [-0.15, -0.1) is 0 Å². The van der Waals surface area contributed by atoms with E-state index in [2.05, 4.69) is 15.3 Å². The van der Waals surface area contributed by atoms with Crippen molar-refractivity contribution in [2.24, 2.45) is 0 Å². The van der Waals surface area contributed by atoms with Crippen LogP contribution in [-0.2, 0) is 4.74 Å². The zero-order chi connectivity index (χ0) is 19.1. The monoisotopic (exact) mass is 401 g/mol. The summed E-state index contributed by atoms with van der Waals surface area (Å²) in [6.45, 7) is 1.34. The van der Waals surface area contributed by atoms with Crippen LogP contribution < -0.4 is 24.3 Å². The Kier molecular flexibility index (Phi) is 4.22. The van der Waals surface area contributed by atoms with Gasteiger partial charge in [0.25, 0.3) is 0 Å². The number of epoxide rings is 1. The van der Waals surface area contributed by atoms with Crippen LogP contribution in [0.1, 0.15) is 0 Å². The van der Waals surface area contributed by atoms with Crippen molar-refractivity contribution in [2.45, 2.75) is 6.10 Å². The molecule has 0 bridgehead atoms. The molecule has 1 atom stereocenters. The lowest BCUT2D eigenvalue weighted by Gasteiger charge is -2.14. The molecule has 0 spiro atoms. The molecule has 0 aliphatic carbocycles. The number of ether oxygens (including phenoxy) is 5. The van der Waals surface area contributed by atoms with Crippen molar-refractivity contribution in [1.82, 2.24) is 9.97 Å². The number of anilines is 2. The number of hydrogen-bond acceptors (Lipinski definition) is 8. The Morgan fingerprint density at radius 1 is 1.21 bits per heavy atom. The van der Waals surface area contributed by atoms with Gasteiger partial charge in [0, 0.05) is 11.5 Å². The predicted octanol–water partition coefficient (Wildman–Crippen LogP) is 3.54. The molecule has 0 amide bonds. The van der Waals surface area contributed by atoms with Gasteiger partial charge in [0.2, 0.25) is 6.79 Å². The molecule has 1 fully saturated rings. The fourth-order valence-electron chi connectivity index (χ4n) is 2.97. The SMILES string of the molecule is COc1cc2c(Nc3c(Cl)ccc4c3OCO4)ncnc2cc1OC[C@H]1CO1. The first-order valence-electron chi connectivity index (χ1n) is 8.65. The van der Waals surface area contributed by atoms with Crippen LogP contribution in [0, 0.1) is 0 Å². The topological polar surface area (TPSA) is 87.3 Å². The van der Waals surface area contributed by atoms with Crippen molar-refractivity contribution < 1.29 is 23.7 Å². The Morgan fingerprint density at radius 3 is 2.93 bits per heavy atom. The molecule has 3 aromatic rings. The average molecular weight is 402 g/mol. The highest BCUT2D eigenvalue weighted by molar-refractivity contribution is 6.34. The highest BCUT2D eigenvalue weighted by Gasteiger charge is 2.25. The maximum atomic E-state index is 6.37. The minimum Gasteiger partial charge on any atom is -0.493 e. The molecule has 0 radical (unpaired) electrons. The second-order valence-corrected chi connectivity index (χ2v) is 6.70. The van der Waals surface area contributed by atoms with Gasteiger partial charge in [-0.05, 0) is 18.2 Å². The Hall–Kier alpha value is -2.97. The molecule has 144 valence electrons. The standard InChI is InChI=1S/C19H16ClN3O5/c1-24-15-4-11-13(5-16(15)26-7-10-6-25-10)21-8-22-19(11)23-17-12(20)2-3-14-18(17)28-9-27-14/h2-5,8,10H,6-7,9H2,1H3,(H,21,22,23)/t10-/m1/s1. The summed E-state index contributed by atoms with van der Waals surface area (Å²) < 4.78 is 27.5. The molecule has 3 heterocycles. The highest BCUT2D eigenvalue weighted by Crippen LogP contribution is 2.45. The van der Waals surface area contributed by atoms with E-state index in [1.54, 1.807) is 19.2 Å². The van der Waals surface area contributed by atoms with Crippen LogP contribution in [0.25, 0.3) is 10.9 Å². The van der Waals surface area contributed by atoms with Gasteiger partial charge < -0.3 is 29.0 Å². The number of aromatic nitrogens is 2. The van der Waals surface area contributed by atoms with Crippen LogP contribution in [0.3, 0.4) is 0 Å². The summed E-state index contributed by atoms with van der Waals surface area (Å²) in [6, 6.07) is 7.16. The number of benzene rings is 2. The molecule has 1 saturated heterocycles. The lowest BCUT2D eigenvalue weighted by Crippen LogP contribution is -2.05. The van der Waals surface area contributed by atoms with Crippen molar-refractivity contribution in [3.63, 3.8) is 0 Å². The van der Waals surface area contributed by atoms with Crippen molar-refractivity contribution in [3.8, 4) is 23.0 Å². The quantitative estimate of drug-likeness (QED) is 0.627. The average Bonchev–Trinajstić information content (AvgIpc) is 3.42. The minimum atomic E-state index is 0.146. The van der Waals surface area contributed by atoms with Crippen LogP contribution in [0.5, 0.6) is 23.0 Å². The summed E-state index contributed by atoms with van der Waals surface area (Å²) in [5, 5.41) is 4.49. The minimum absolute atomic E-state index is 0.146. The third-order valence-corrected chi connectivity index (χ3v) is 4.79. The third kappa shape index (κ3) is 3.10. The molecule has 0 saturated carbocycles. The Balaban J connectivity index is 1.54. The van der Waals surface area contributed by atoms with E-state index in [-0.39, 0.29) is 12.9 Å². The summed E-state index contributed by atoms with van der Waals surface area (Å²) in [7, 11) is 1.59. The van der Waals surface area contributed by atoms with E-state index in [0.717, 1.165) is 12.0 Å². The fraction of sp³-hybridized carbons (Fsp3) is 0.263. The van der Waals surface area contributed by atoms with Gasteiger partial charge in [0.15, 0.2) is 23.0 Å². The van der Waals surface area contributed by atoms with E-state index in [1.807, 2.05) is 12.1 Å². The lowest BCUT2D eigenvalue weighted by atomic mass is 10.2. The first kappa shape index (κ1) is 17.2. The van der Waals surface area contributed by atoms with Gasteiger partial charge in [0.1, 0.15) is 30.5 Å². The third-order valence-electron chi connectivity index (χ3n) is 4.48. The molecule has 0 unspecified atom stereocenters. The van der Waals surface area contributed by atoms with E-state index < -0.39 is 0 Å². The largest absolute Gasteiger partial charge is 0.493 e. The van der Waals surface area contributed by atoms with E-state index >= 15 is 0 Å². The second kappa shape index (κ2) is 6.88. The van der Waals surface area contributed by atoms with Crippen LogP contribution >= 0.6 is 11.6 Å². The second-order valence-electron chi connectivity index (χ2n) is 6.29. The molecule has 8 nitrogen and oxygen atoms in total. The normalized spacial score (nSPS) is 16.9. The summed E-state index contributed by atoms with van der Waals surface area (Å²) in [6.07, 6.45) is 1.62. The molecular weight excluding hydrogens is 386 g/mol. The van der Waals surface area contributed by atoms with Gasteiger partial charge >= 0.3 is 0 Å². The number of nitrogens with one attached hydrogen (secondary N) is 1. The number of methoxy groups -OCH3 is 1. The molecule has 5 rings (SSSR count). The Labute approximate surface area is 165 Å². The number of rotatable bonds is 6. The highest BCUT2D eigenvalue weighted by atomic mass is 35.5. The number of hydrogen-bond donors (Lipinski definition) is 1. The summed E-state index contributed by atoms with van der Waals surface area (Å²) in [5.74, 6) is 2.92. The van der Waals surface area contributed by atoms with Crippen molar-refractivity contribution in [1.29, 1.82) is 0 Å². The smallest absolute Gasteiger partial charge is 0.231 e. The van der Waals surface area contributed by atoms with Gasteiger partial charge in [-0.25, -0.2) is 9.97 Å². The van der Waals surface area contributed by atoms with Gasteiger partial charge in [-0.3, -0.25) is 0 Å². The first-order chi connectivity index (χ1) is 13.7. The molecule has 1 aromatic heterocycles. The molecule has 28 heavy (non-hydrogen) atoms. The Bertz CT molecular complexity index is 1060. The molecular formula is C19H16ClN3O5. The van der Waals surface area contributed by atoms with Gasteiger partial charge in [-0.1, -0.05) is 11.6 Å². The molecule has 2 aliphatic heterocycles. The molecule has 2 aliphatic rings.